The van der Waals surface area contributed by atoms with Crippen LogP contribution in [0.2, 0.25) is 0 Å². The van der Waals surface area contributed by atoms with Gasteiger partial charge in [0.15, 0.2) is 0 Å². The van der Waals surface area contributed by atoms with Crippen molar-refractivity contribution in [3.8, 4) is 0 Å². The Morgan fingerprint density at radius 1 is 1.67 bits per heavy atom. The van der Waals surface area contributed by atoms with Crippen LogP contribution in [0.1, 0.15) is 22.9 Å². The van der Waals surface area contributed by atoms with Crippen LogP contribution in [0.4, 0.5) is 0 Å². The highest BCUT2D eigenvalue weighted by Gasteiger charge is 2.15. The maximum atomic E-state index is 11.7. The van der Waals surface area contributed by atoms with E-state index in [4.69, 9.17) is 0 Å². The molecule has 0 spiro atoms. The van der Waals surface area contributed by atoms with Crippen LogP contribution in [-0.4, -0.2) is 35.3 Å². The Morgan fingerprint density at radius 3 is 2.83 bits per heavy atom. The second-order valence-corrected chi connectivity index (χ2v) is 5.26. The molecule has 0 aliphatic heterocycles. The van der Waals surface area contributed by atoms with E-state index in [1.807, 2.05) is 13.8 Å². The number of likely N-dealkylation sites (N-methyl/N-ethyl adjacent to an activating group) is 1. The molecule has 1 N–H and O–H groups in total. The van der Waals surface area contributed by atoms with Gasteiger partial charge in [-0.05, 0) is 19.9 Å². The summed E-state index contributed by atoms with van der Waals surface area (Å²) >= 11 is 1.54. The van der Waals surface area contributed by atoms with Gasteiger partial charge >= 0.3 is 0 Å². The van der Waals surface area contributed by atoms with Crippen molar-refractivity contribution in [1.29, 1.82) is 0 Å². The molecule has 0 aliphatic carbocycles. The van der Waals surface area contributed by atoms with Crippen molar-refractivity contribution in [3.63, 3.8) is 0 Å². The highest BCUT2D eigenvalue weighted by atomic mass is 32.1. The van der Waals surface area contributed by atoms with Crippen LogP contribution in [0.25, 0.3) is 0 Å². The number of hydrogen-bond donors (Lipinski definition) is 1. The Balaban J connectivity index is 2.50. The third-order valence-electron chi connectivity index (χ3n) is 2.32. The molecule has 0 aliphatic rings. The van der Waals surface area contributed by atoms with Crippen molar-refractivity contribution < 1.29 is 9.59 Å². The number of hydrogen-bond acceptors (Lipinski definition) is 4. The summed E-state index contributed by atoms with van der Waals surface area (Å²) in [4.78, 5) is 29.5. The van der Waals surface area contributed by atoms with Gasteiger partial charge in [-0.2, -0.15) is 0 Å². The third kappa shape index (κ3) is 3.96. The Labute approximate surface area is 111 Å². The lowest BCUT2D eigenvalue weighted by Crippen LogP contribution is -2.38. The molecule has 1 atom stereocenters. The molecule has 6 heteroatoms. The zero-order chi connectivity index (χ0) is 13.7. The zero-order valence-corrected chi connectivity index (χ0v) is 11.6. The van der Waals surface area contributed by atoms with Crippen LogP contribution in [0.3, 0.4) is 0 Å². The van der Waals surface area contributed by atoms with E-state index in [1.165, 1.54) is 11.0 Å². The number of nitrogens with one attached hydrogen (secondary N) is 1. The second-order valence-electron chi connectivity index (χ2n) is 4.00. The lowest BCUT2D eigenvalue weighted by molar-refractivity contribution is -0.131. The van der Waals surface area contributed by atoms with Crippen molar-refractivity contribution in [3.05, 3.63) is 28.7 Å². The van der Waals surface area contributed by atoms with Gasteiger partial charge in [-0.3, -0.25) is 9.59 Å². The minimum atomic E-state index is -0.275. The Hall–Kier alpha value is -1.69. The van der Waals surface area contributed by atoms with Crippen molar-refractivity contribution in [2.45, 2.75) is 19.9 Å². The van der Waals surface area contributed by atoms with E-state index in [0.717, 1.165) is 9.88 Å². The SMILES string of the molecule is C=CC(=O)N(C)CC(=O)NC(C)c1ncc(C)s1. The molecular weight excluding hydrogens is 250 g/mol. The Bertz CT molecular complexity index is 456. The average molecular weight is 267 g/mol. The van der Waals surface area contributed by atoms with Crippen LogP contribution in [-0.2, 0) is 9.59 Å². The number of carbonyl (C=O) groups excluding carboxylic acids is 2. The minimum absolute atomic E-state index is 0.0134. The maximum Gasteiger partial charge on any atom is 0.246 e. The van der Waals surface area contributed by atoms with Gasteiger partial charge in [0, 0.05) is 18.1 Å². The molecule has 1 aromatic heterocycles. The minimum Gasteiger partial charge on any atom is -0.346 e. The molecule has 18 heavy (non-hydrogen) atoms. The molecule has 0 radical (unpaired) electrons. The molecule has 0 aromatic carbocycles. The predicted molar refractivity (Wildman–Crippen MR) is 71.2 cm³/mol. The van der Waals surface area contributed by atoms with E-state index in [1.54, 1.807) is 24.6 Å². The highest BCUT2D eigenvalue weighted by Crippen LogP contribution is 2.18. The highest BCUT2D eigenvalue weighted by molar-refractivity contribution is 7.11. The van der Waals surface area contributed by atoms with E-state index in [9.17, 15) is 9.59 Å². The fourth-order valence-corrected chi connectivity index (χ4v) is 2.15. The third-order valence-corrected chi connectivity index (χ3v) is 3.41. The van der Waals surface area contributed by atoms with E-state index < -0.39 is 0 Å². The molecule has 5 nitrogen and oxygen atoms in total. The number of rotatable bonds is 5. The molecular formula is C12H17N3O2S. The van der Waals surface area contributed by atoms with Gasteiger partial charge in [-0.15, -0.1) is 11.3 Å². The molecule has 1 unspecified atom stereocenters. The summed E-state index contributed by atoms with van der Waals surface area (Å²) in [5.41, 5.74) is 0. The topological polar surface area (TPSA) is 62.3 Å². The lowest BCUT2D eigenvalue weighted by Gasteiger charge is -2.16. The fraction of sp³-hybridized carbons (Fsp3) is 0.417. The first-order valence-corrected chi connectivity index (χ1v) is 6.35. The van der Waals surface area contributed by atoms with Gasteiger partial charge < -0.3 is 10.2 Å². The van der Waals surface area contributed by atoms with E-state index in [2.05, 4.69) is 16.9 Å². The molecule has 1 rings (SSSR count). The fourth-order valence-electron chi connectivity index (χ4n) is 1.37. The van der Waals surface area contributed by atoms with Gasteiger partial charge in [-0.1, -0.05) is 6.58 Å². The standard InChI is InChI=1S/C12H17N3O2S/c1-5-11(17)15(4)7-10(16)14-9(3)12-13-6-8(2)18-12/h5-6,9H,1,7H2,2-4H3,(H,14,16). The average Bonchev–Trinajstić information content (AvgIpc) is 2.74. The number of thiazole rings is 1. The normalized spacial score (nSPS) is 11.7. The quantitative estimate of drug-likeness (QED) is 0.817. The van der Waals surface area contributed by atoms with Crippen LogP contribution < -0.4 is 5.32 Å². The summed E-state index contributed by atoms with van der Waals surface area (Å²) in [5, 5.41) is 3.66. The molecule has 0 fully saturated rings. The summed E-state index contributed by atoms with van der Waals surface area (Å²) in [6, 6.07) is -0.150. The van der Waals surface area contributed by atoms with Crippen LogP contribution >= 0.6 is 11.3 Å². The van der Waals surface area contributed by atoms with Crippen molar-refractivity contribution in [2.24, 2.45) is 0 Å². The van der Waals surface area contributed by atoms with Gasteiger partial charge in [-0.25, -0.2) is 4.98 Å². The summed E-state index contributed by atoms with van der Waals surface area (Å²) in [7, 11) is 1.56. The first-order valence-electron chi connectivity index (χ1n) is 5.53. The molecule has 0 saturated carbocycles. The van der Waals surface area contributed by atoms with E-state index >= 15 is 0 Å². The molecule has 2 amide bonds. The van der Waals surface area contributed by atoms with Crippen LogP contribution in [0.5, 0.6) is 0 Å². The summed E-state index contributed by atoms with van der Waals surface area (Å²) < 4.78 is 0. The maximum absolute atomic E-state index is 11.7. The zero-order valence-electron chi connectivity index (χ0n) is 10.8. The molecule has 98 valence electrons. The monoisotopic (exact) mass is 267 g/mol. The van der Waals surface area contributed by atoms with Crippen molar-refractivity contribution in [2.75, 3.05) is 13.6 Å². The number of carbonyl (C=O) groups is 2. The molecule has 1 aromatic rings. The number of aryl methyl sites for hydroxylation is 1. The van der Waals surface area contributed by atoms with E-state index in [-0.39, 0.29) is 24.4 Å². The summed E-state index contributed by atoms with van der Waals surface area (Å²) in [6.45, 7) is 7.21. The second kappa shape index (κ2) is 6.30. The lowest BCUT2D eigenvalue weighted by atomic mass is 10.3. The number of amides is 2. The smallest absolute Gasteiger partial charge is 0.246 e. The largest absolute Gasteiger partial charge is 0.346 e. The van der Waals surface area contributed by atoms with Crippen LogP contribution in [0, 0.1) is 6.92 Å². The summed E-state index contributed by atoms with van der Waals surface area (Å²) in [5.74, 6) is -0.490. The summed E-state index contributed by atoms with van der Waals surface area (Å²) in [6.07, 6.45) is 2.96. The van der Waals surface area contributed by atoms with Gasteiger partial charge in [0.1, 0.15) is 5.01 Å². The Morgan fingerprint density at radius 2 is 2.33 bits per heavy atom. The van der Waals surface area contributed by atoms with Gasteiger partial charge in [0.05, 0.1) is 12.6 Å². The Kier molecular flexibility index (Phi) is 5.03. The molecule has 0 bridgehead atoms. The van der Waals surface area contributed by atoms with Crippen molar-refractivity contribution >= 4 is 23.2 Å². The first-order chi connectivity index (χ1) is 8.43. The van der Waals surface area contributed by atoms with E-state index in [0.29, 0.717) is 0 Å². The molecule has 1 heterocycles. The van der Waals surface area contributed by atoms with Gasteiger partial charge in [0.2, 0.25) is 11.8 Å². The predicted octanol–water partition coefficient (Wildman–Crippen LogP) is 1.27. The van der Waals surface area contributed by atoms with Crippen LogP contribution in [0.15, 0.2) is 18.9 Å². The number of nitrogens with zero attached hydrogens (tertiary/aromatic N) is 2. The first kappa shape index (κ1) is 14.4. The van der Waals surface area contributed by atoms with Gasteiger partial charge in [0.25, 0.3) is 0 Å². The molecule has 0 saturated heterocycles. The van der Waals surface area contributed by atoms with Crippen molar-refractivity contribution in [1.82, 2.24) is 15.2 Å². The number of aromatic nitrogens is 1.